The maximum absolute atomic E-state index is 12.8. The lowest BCUT2D eigenvalue weighted by Crippen LogP contribution is -2.36. The summed E-state index contributed by atoms with van der Waals surface area (Å²) in [6, 6.07) is 8.22. The highest BCUT2D eigenvalue weighted by Gasteiger charge is 2.23. The van der Waals surface area contributed by atoms with E-state index in [1.165, 1.54) is 43.4 Å². The maximum Gasteiger partial charge on any atom is 0.252 e. The molecule has 1 heterocycles. The van der Waals surface area contributed by atoms with Crippen LogP contribution in [0.5, 0.6) is 0 Å². The highest BCUT2D eigenvalue weighted by atomic mass is 16.1. The van der Waals surface area contributed by atoms with Crippen LogP contribution in [0.2, 0.25) is 0 Å². The van der Waals surface area contributed by atoms with Crippen molar-refractivity contribution in [1.29, 1.82) is 0 Å². The summed E-state index contributed by atoms with van der Waals surface area (Å²) in [6.45, 7) is 0. The van der Waals surface area contributed by atoms with Gasteiger partial charge in [-0.15, -0.1) is 0 Å². The van der Waals surface area contributed by atoms with E-state index in [1.54, 1.807) is 0 Å². The average Bonchev–Trinajstić information content (AvgIpc) is 3.06. The van der Waals surface area contributed by atoms with E-state index < -0.39 is 0 Å². The molecule has 0 saturated heterocycles. The Morgan fingerprint density at radius 2 is 1.83 bits per heavy atom. The number of H-pyrrole nitrogens is 1. The Labute approximate surface area is 143 Å². The van der Waals surface area contributed by atoms with Crippen LogP contribution in [0.3, 0.4) is 0 Å². The van der Waals surface area contributed by atoms with Gasteiger partial charge in [0.1, 0.15) is 0 Å². The second kappa shape index (κ2) is 6.80. The third kappa shape index (κ3) is 2.97. The molecule has 24 heavy (non-hydrogen) atoms. The van der Waals surface area contributed by atoms with Crippen molar-refractivity contribution in [2.24, 2.45) is 0 Å². The molecule has 0 spiro atoms. The number of aromatic amines is 1. The zero-order valence-corrected chi connectivity index (χ0v) is 14.1. The Hall–Kier alpha value is -2.10. The molecule has 2 aliphatic carbocycles. The Kier molecular flexibility index (Phi) is 4.37. The van der Waals surface area contributed by atoms with Gasteiger partial charge in [0.05, 0.1) is 5.69 Å². The van der Waals surface area contributed by atoms with E-state index in [4.69, 9.17) is 0 Å². The van der Waals surface area contributed by atoms with Gasteiger partial charge in [-0.05, 0) is 44.6 Å². The number of hydrogen-bond acceptors (Lipinski definition) is 2. The van der Waals surface area contributed by atoms with Gasteiger partial charge in [0.25, 0.3) is 5.91 Å². The minimum absolute atomic E-state index is 0.0464. The van der Waals surface area contributed by atoms with Crippen LogP contribution in [0.25, 0.3) is 11.3 Å². The van der Waals surface area contributed by atoms with Crippen LogP contribution in [-0.4, -0.2) is 22.1 Å². The van der Waals surface area contributed by atoms with Gasteiger partial charge < -0.3 is 5.32 Å². The largest absolute Gasteiger partial charge is 0.349 e. The third-order valence-corrected chi connectivity index (χ3v) is 5.42. The van der Waals surface area contributed by atoms with Gasteiger partial charge in [-0.1, -0.05) is 37.5 Å². The van der Waals surface area contributed by atoms with E-state index in [0.717, 1.165) is 42.5 Å². The number of fused-ring (bicyclic) bond motifs is 1. The summed E-state index contributed by atoms with van der Waals surface area (Å²) >= 11 is 0. The lowest BCUT2D eigenvalue weighted by atomic mass is 9.91. The highest BCUT2D eigenvalue weighted by Crippen LogP contribution is 2.31. The van der Waals surface area contributed by atoms with E-state index in [9.17, 15) is 4.79 Å². The topological polar surface area (TPSA) is 57.8 Å². The number of carbonyl (C=O) groups excluding carboxylic acids is 1. The predicted octanol–water partition coefficient (Wildman–Crippen LogP) is 4.02. The molecule has 4 heteroatoms. The Balaban J connectivity index is 1.63. The van der Waals surface area contributed by atoms with Crippen LogP contribution in [0, 0.1) is 0 Å². The molecule has 4 nitrogen and oxygen atoms in total. The molecule has 0 bridgehead atoms. The number of carbonyl (C=O) groups is 1. The van der Waals surface area contributed by atoms with E-state index in [1.807, 2.05) is 24.3 Å². The smallest absolute Gasteiger partial charge is 0.252 e. The molecule has 0 atom stereocenters. The standard InChI is InChI=1S/C20H25N3O/c24-20(21-14-8-2-1-3-9-14)16-11-5-4-10-15(16)19-17-12-6-7-13-18(17)22-23-19/h4-5,10-11,14H,1-3,6-9,12-13H2,(H,21,24)(H,22,23). The van der Waals surface area contributed by atoms with Gasteiger partial charge in [-0.25, -0.2) is 0 Å². The van der Waals surface area contributed by atoms with Gasteiger partial charge in [0.2, 0.25) is 0 Å². The minimum Gasteiger partial charge on any atom is -0.349 e. The van der Waals surface area contributed by atoms with Crippen LogP contribution >= 0.6 is 0 Å². The number of benzene rings is 1. The first-order valence-corrected chi connectivity index (χ1v) is 9.29. The lowest BCUT2D eigenvalue weighted by Gasteiger charge is -2.23. The predicted molar refractivity (Wildman–Crippen MR) is 95.0 cm³/mol. The van der Waals surface area contributed by atoms with E-state index >= 15 is 0 Å². The molecule has 1 aromatic carbocycles. The molecule has 2 aliphatic rings. The van der Waals surface area contributed by atoms with Crippen molar-refractivity contribution in [3.63, 3.8) is 0 Å². The fraction of sp³-hybridized carbons (Fsp3) is 0.500. The molecule has 1 saturated carbocycles. The van der Waals surface area contributed by atoms with Crippen LogP contribution < -0.4 is 5.32 Å². The lowest BCUT2D eigenvalue weighted by molar-refractivity contribution is 0.0928. The first-order valence-electron chi connectivity index (χ1n) is 9.29. The minimum atomic E-state index is 0.0464. The van der Waals surface area contributed by atoms with Crippen molar-refractivity contribution < 1.29 is 4.79 Å². The molecular weight excluding hydrogens is 298 g/mol. The average molecular weight is 323 g/mol. The monoisotopic (exact) mass is 323 g/mol. The molecule has 1 fully saturated rings. The first kappa shape index (κ1) is 15.4. The maximum atomic E-state index is 12.8. The normalized spacial score (nSPS) is 18.2. The zero-order valence-electron chi connectivity index (χ0n) is 14.1. The number of aryl methyl sites for hydroxylation is 1. The van der Waals surface area contributed by atoms with E-state index in [-0.39, 0.29) is 5.91 Å². The van der Waals surface area contributed by atoms with Crippen molar-refractivity contribution in [1.82, 2.24) is 15.5 Å². The van der Waals surface area contributed by atoms with E-state index in [2.05, 4.69) is 15.5 Å². The molecule has 126 valence electrons. The number of hydrogen-bond donors (Lipinski definition) is 2. The molecule has 1 amide bonds. The number of rotatable bonds is 3. The van der Waals surface area contributed by atoms with Crippen LogP contribution in [-0.2, 0) is 12.8 Å². The van der Waals surface area contributed by atoms with Crippen molar-refractivity contribution in [3.8, 4) is 11.3 Å². The number of nitrogens with one attached hydrogen (secondary N) is 2. The van der Waals surface area contributed by atoms with Crippen molar-refractivity contribution >= 4 is 5.91 Å². The van der Waals surface area contributed by atoms with Gasteiger partial charge in [0, 0.05) is 28.4 Å². The summed E-state index contributed by atoms with van der Waals surface area (Å²) in [5.74, 6) is 0.0464. The van der Waals surface area contributed by atoms with Crippen molar-refractivity contribution in [2.45, 2.75) is 63.8 Å². The Morgan fingerprint density at radius 1 is 1.04 bits per heavy atom. The summed E-state index contributed by atoms with van der Waals surface area (Å²) in [5.41, 5.74) is 5.24. The molecular formula is C20H25N3O. The summed E-state index contributed by atoms with van der Waals surface area (Å²) in [6.07, 6.45) is 10.5. The number of nitrogens with zero attached hydrogens (tertiary/aromatic N) is 1. The second-order valence-electron chi connectivity index (χ2n) is 7.09. The van der Waals surface area contributed by atoms with Crippen LogP contribution in [0.4, 0.5) is 0 Å². The zero-order chi connectivity index (χ0) is 16.4. The second-order valence-corrected chi connectivity index (χ2v) is 7.09. The summed E-state index contributed by atoms with van der Waals surface area (Å²) in [5, 5.41) is 11.0. The van der Waals surface area contributed by atoms with Gasteiger partial charge in [-0.2, -0.15) is 5.10 Å². The summed E-state index contributed by atoms with van der Waals surface area (Å²) in [4.78, 5) is 12.8. The van der Waals surface area contributed by atoms with Gasteiger partial charge >= 0.3 is 0 Å². The highest BCUT2D eigenvalue weighted by molar-refractivity contribution is 6.01. The first-order chi connectivity index (χ1) is 11.8. The van der Waals surface area contributed by atoms with Crippen LogP contribution in [0.15, 0.2) is 24.3 Å². The Bertz CT molecular complexity index is 728. The molecule has 0 aliphatic heterocycles. The molecule has 0 unspecified atom stereocenters. The SMILES string of the molecule is O=C(NC1CCCCC1)c1ccccc1-c1n[nH]c2c1CCCC2. The van der Waals surface area contributed by atoms with Crippen LogP contribution in [0.1, 0.15) is 66.6 Å². The summed E-state index contributed by atoms with van der Waals surface area (Å²) in [7, 11) is 0. The fourth-order valence-corrected chi connectivity index (χ4v) is 4.10. The molecule has 0 radical (unpaired) electrons. The Morgan fingerprint density at radius 3 is 2.71 bits per heavy atom. The summed E-state index contributed by atoms with van der Waals surface area (Å²) < 4.78 is 0. The number of amides is 1. The molecule has 1 aromatic heterocycles. The molecule has 2 N–H and O–H groups in total. The molecule has 2 aromatic rings. The van der Waals surface area contributed by atoms with Gasteiger partial charge in [-0.3, -0.25) is 9.89 Å². The fourth-order valence-electron chi connectivity index (χ4n) is 4.10. The van der Waals surface area contributed by atoms with E-state index in [0.29, 0.717) is 6.04 Å². The van der Waals surface area contributed by atoms with Gasteiger partial charge in [0.15, 0.2) is 0 Å². The quantitative estimate of drug-likeness (QED) is 0.896. The van der Waals surface area contributed by atoms with Crippen molar-refractivity contribution in [2.75, 3.05) is 0 Å². The molecule has 4 rings (SSSR count). The third-order valence-electron chi connectivity index (χ3n) is 5.42. The van der Waals surface area contributed by atoms with Crippen molar-refractivity contribution in [3.05, 3.63) is 41.1 Å². The number of aromatic nitrogens is 2.